The molecule has 1 aromatic rings. The number of likely N-dealkylation sites (tertiary alicyclic amines) is 1. The highest BCUT2D eigenvalue weighted by molar-refractivity contribution is 9.10. The quantitative estimate of drug-likeness (QED) is 0.834. The van der Waals surface area contributed by atoms with Crippen molar-refractivity contribution in [2.75, 3.05) is 13.1 Å². The Morgan fingerprint density at radius 2 is 2.05 bits per heavy atom. The number of nitrogens with two attached hydrogens (primary N) is 1. The molecule has 6 heteroatoms. The predicted octanol–water partition coefficient (Wildman–Crippen LogP) is 2.82. The van der Waals surface area contributed by atoms with Gasteiger partial charge in [0.2, 0.25) is 0 Å². The normalized spacial score (nSPS) is 28.1. The van der Waals surface area contributed by atoms with E-state index >= 15 is 0 Å². The van der Waals surface area contributed by atoms with Gasteiger partial charge in [0.05, 0.1) is 0 Å². The summed E-state index contributed by atoms with van der Waals surface area (Å²) in [6, 6.07) is 4.52. The molecule has 1 aliphatic carbocycles. The van der Waals surface area contributed by atoms with Gasteiger partial charge in [-0.05, 0) is 42.9 Å². The number of hydrogen-bond acceptors (Lipinski definition) is 2. The zero-order chi connectivity index (χ0) is 13.6. The topological polar surface area (TPSA) is 46.3 Å². The number of carbonyl (C=O) groups is 1. The molecule has 1 amide bonds. The van der Waals surface area contributed by atoms with E-state index in [1.165, 1.54) is 12.1 Å². The van der Waals surface area contributed by atoms with Crippen LogP contribution in [0.15, 0.2) is 22.7 Å². The summed E-state index contributed by atoms with van der Waals surface area (Å²) in [4.78, 5) is 14.2. The van der Waals surface area contributed by atoms with E-state index in [9.17, 15) is 9.18 Å². The van der Waals surface area contributed by atoms with Crippen molar-refractivity contribution in [3.05, 3.63) is 34.1 Å². The van der Waals surface area contributed by atoms with Crippen LogP contribution in [0.5, 0.6) is 0 Å². The minimum absolute atomic E-state index is 0. The number of rotatable bonds is 1. The lowest BCUT2D eigenvalue weighted by Gasteiger charge is -2.19. The molecular weight excluding hydrogens is 347 g/mol. The smallest absolute Gasteiger partial charge is 0.254 e. The number of hydrogen-bond donors (Lipinski definition) is 1. The number of carbonyl (C=O) groups excluding carboxylic acids is 1. The standard InChI is InChI=1S/C14H16BrFN2O.ClH/c15-10-3-9(4-11(16)5-10)14(19)18-6-8-1-2-13(17)12(8)7-18;/h3-5,8,12-13H,1-2,6-7,17H2;1H. The van der Waals surface area contributed by atoms with E-state index in [0.717, 1.165) is 19.4 Å². The fraction of sp³-hybridized carbons (Fsp3) is 0.500. The molecule has 3 atom stereocenters. The summed E-state index contributed by atoms with van der Waals surface area (Å²) in [6.45, 7) is 1.46. The highest BCUT2D eigenvalue weighted by Gasteiger charge is 2.42. The maximum atomic E-state index is 13.3. The Morgan fingerprint density at radius 1 is 1.30 bits per heavy atom. The van der Waals surface area contributed by atoms with Gasteiger partial charge in [-0.2, -0.15) is 0 Å². The van der Waals surface area contributed by atoms with E-state index in [4.69, 9.17) is 5.73 Å². The van der Waals surface area contributed by atoms with Gasteiger partial charge in [0.15, 0.2) is 0 Å². The van der Waals surface area contributed by atoms with Gasteiger partial charge in [0.25, 0.3) is 5.91 Å². The first-order valence-electron chi connectivity index (χ1n) is 6.55. The molecule has 110 valence electrons. The van der Waals surface area contributed by atoms with Crippen molar-refractivity contribution in [2.45, 2.75) is 18.9 Å². The van der Waals surface area contributed by atoms with E-state index in [1.54, 1.807) is 6.07 Å². The maximum absolute atomic E-state index is 13.3. The molecule has 0 radical (unpaired) electrons. The summed E-state index contributed by atoms with van der Waals surface area (Å²) < 4.78 is 13.9. The summed E-state index contributed by atoms with van der Waals surface area (Å²) in [5.74, 6) is 0.451. The van der Waals surface area contributed by atoms with Gasteiger partial charge in [-0.1, -0.05) is 15.9 Å². The van der Waals surface area contributed by atoms with Crippen LogP contribution >= 0.6 is 28.3 Å². The lowest BCUT2D eigenvalue weighted by Crippen LogP contribution is -2.33. The van der Waals surface area contributed by atoms with E-state index in [2.05, 4.69) is 15.9 Å². The van der Waals surface area contributed by atoms with Gasteiger partial charge < -0.3 is 10.6 Å². The average molecular weight is 364 g/mol. The zero-order valence-corrected chi connectivity index (χ0v) is 13.3. The Labute approximate surface area is 132 Å². The second kappa shape index (κ2) is 6.00. The molecule has 3 nitrogen and oxygen atoms in total. The van der Waals surface area contributed by atoms with Crippen LogP contribution in [0.25, 0.3) is 0 Å². The first-order chi connectivity index (χ1) is 9.04. The molecule has 2 aliphatic rings. The van der Waals surface area contributed by atoms with E-state index in [-0.39, 0.29) is 24.4 Å². The third-order valence-corrected chi connectivity index (χ3v) is 4.77. The molecule has 3 unspecified atom stereocenters. The molecule has 1 aromatic carbocycles. The van der Waals surface area contributed by atoms with Crippen molar-refractivity contribution in [1.82, 2.24) is 4.90 Å². The summed E-state index contributed by atoms with van der Waals surface area (Å²) in [5.41, 5.74) is 6.47. The van der Waals surface area contributed by atoms with Gasteiger partial charge in [-0.3, -0.25) is 4.79 Å². The van der Waals surface area contributed by atoms with Gasteiger partial charge >= 0.3 is 0 Å². The van der Waals surface area contributed by atoms with Crippen molar-refractivity contribution >= 4 is 34.2 Å². The Morgan fingerprint density at radius 3 is 2.70 bits per heavy atom. The molecule has 0 bridgehead atoms. The van der Waals surface area contributed by atoms with Crippen LogP contribution in [0.1, 0.15) is 23.2 Å². The van der Waals surface area contributed by atoms with Gasteiger partial charge in [-0.15, -0.1) is 12.4 Å². The molecule has 2 N–H and O–H groups in total. The minimum Gasteiger partial charge on any atom is -0.338 e. The second-order valence-electron chi connectivity index (χ2n) is 5.53. The summed E-state index contributed by atoms with van der Waals surface area (Å²) in [6.07, 6.45) is 2.16. The van der Waals surface area contributed by atoms with Crippen LogP contribution < -0.4 is 5.73 Å². The van der Waals surface area contributed by atoms with Crippen LogP contribution in [0.4, 0.5) is 4.39 Å². The van der Waals surface area contributed by atoms with Crippen molar-refractivity contribution in [2.24, 2.45) is 17.6 Å². The zero-order valence-electron chi connectivity index (χ0n) is 10.9. The Balaban J connectivity index is 0.00000147. The molecule has 1 heterocycles. The molecule has 0 aromatic heterocycles. The van der Waals surface area contributed by atoms with Gasteiger partial charge in [0, 0.05) is 29.2 Å². The maximum Gasteiger partial charge on any atom is 0.254 e. The monoisotopic (exact) mass is 362 g/mol. The molecule has 3 rings (SSSR count). The summed E-state index contributed by atoms with van der Waals surface area (Å²) >= 11 is 3.22. The van der Waals surface area contributed by atoms with Crippen molar-refractivity contribution in [1.29, 1.82) is 0 Å². The van der Waals surface area contributed by atoms with Crippen LogP contribution in [-0.4, -0.2) is 29.9 Å². The molecule has 1 saturated heterocycles. The molecule has 20 heavy (non-hydrogen) atoms. The fourth-order valence-corrected chi connectivity index (χ4v) is 3.80. The summed E-state index contributed by atoms with van der Waals surface area (Å²) in [5, 5.41) is 0. The highest BCUT2D eigenvalue weighted by atomic mass is 79.9. The third kappa shape index (κ3) is 2.85. The number of fused-ring (bicyclic) bond motifs is 1. The van der Waals surface area contributed by atoms with Crippen LogP contribution in [0, 0.1) is 17.7 Å². The van der Waals surface area contributed by atoms with Crippen molar-refractivity contribution < 1.29 is 9.18 Å². The van der Waals surface area contributed by atoms with E-state index < -0.39 is 5.82 Å². The highest BCUT2D eigenvalue weighted by Crippen LogP contribution is 2.37. The lowest BCUT2D eigenvalue weighted by atomic mass is 9.98. The minimum atomic E-state index is -0.395. The van der Waals surface area contributed by atoms with E-state index in [0.29, 0.717) is 28.4 Å². The number of amides is 1. The van der Waals surface area contributed by atoms with Crippen LogP contribution in [0.2, 0.25) is 0 Å². The Kier molecular flexibility index (Phi) is 4.72. The van der Waals surface area contributed by atoms with Crippen molar-refractivity contribution in [3.63, 3.8) is 0 Å². The molecular formula is C14H17BrClFN2O. The molecule has 1 aliphatic heterocycles. The number of halogens is 3. The molecule has 1 saturated carbocycles. The Bertz CT molecular complexity index is 508. The predicted molar refractivity (Wildman–Crippen MR) is 81.4 cm³/mol. The largest absolute Gasteiger partial charge is 0.338 e. The second-order valence-corrected chi connectivity index (χ2v) is 6.45. The lowest BCUT2D eigenvalue weighted by molar-refractivity contribution is 0.0779. The van der Waals surface area contributed by atoms with Gasteiger partial charge in [-0.25, -0.2) is 4.39 Å². The first kappa shape index (κ1) is 15.7. The van der Waals surface area contributed by atoms with Crippen LogP contribution in [-0.2, 0) is 0 Å². The first-order valence-corrected chi connectivity index (χ1v) is 7.35. The third-order valence-electron chi connectivity index (χ3n) is 4.31. The summed E-state index contributed by atoms with van der Waals surface area (Å²) in [7, 11) is 0. The fourth-order valence-electron chi connectivity index (χ4n) is 3.33. The Hall–Kier alpha value is -0.650. The average Bonchev–Trinajstić information content (AvgIpc) is 2.90. The van der Waals surface area contributed by atoms with E-state index in [1.807, 2.05) is 4.90 Å². The number of nitrogens with zero attached hydrogens (tertiary/aromatic N) is 1. The van der Waals surface area contributed by atoms with Crippen molar-refractivity contribution in [3.8, 4) is 0 Å². The SMILES string of the molecule is Cl.NC1CCC2CN(C(=O)c3cc(F)cc(Br)c3)CC12. The van der Waals surface area contributed by atoms with Crippen LogP contribution in [0.3, 0.4) is 0 Å². The van der Waals surface area contributed by atoms with Gasteiger partial charge in [0.1, 0.15) is 5.82 Å². The molecule has 0 spiro atoms. The number of benzene rings is 1. The molecule has 2 fully saturated rings.